The van der Waals surface area contributed by atoms with Gasteiger partial charge >= 0.3 is 11.9 Å². The van der Waals surface area contributed by atoms with E-state index in [1.54, 1.807) is 12.3 Å². The molecular weight excluding hydrogens is 469 g/mol. The molecule has 1 aromatic carbocycles. The molecule has 2 heterocycles. The second-order valence-corrected chi connectivity index (χ2v) is 9.16. The van der Waals surface area contributed by atoms with E-state index in [0.717, 1.165) is 19.3 Å². The molecule has 1 aliphatic carbocycles. The second-order valence-electron chi connectivity index (χ2n) is 7.89. The van der Waals surface area contributed by atoms with Crippen LogP contribution in [-0.4, -0.2) is 37.0 Å². The lowest BCUT2D eigenvalue weighted by Gasteiger charge is -2.35. The lowest BCUT2D eigenvalue weighted by Crippen LogP contribution is -2.38. The predicted octanol–water partition coefficient (Wildman–Crippen LogP) is 4.43. The smallest absolute Gasteiger partial charge is 0.338 e. The monoisotopic (exact) mass is 491 g/mol. The van der Waals surface area contributed by atoms with Crippen LogP contribution in [0, 0.1) is 17.7 Å². The van der Waals surface area contributed by atoms with Crippen molar-refractivity contribution >= 4 is 40.7 Å². The molecule has 2 aliphatic rings. The number of methoxy groups -OCH3 is 2. The molecule has 174 valence electrons. The molecule has 3 atom stereocenters. The number of aromatic nitrogens is 1. The highest BCUT2D eigenvalue weighted by molar-refractivity contribution is 7.11. The molecule has 0 amide bonds. The number of rotatable bonds is 5. The van der Waals surface area contributed by atoms with Gasteiger partial charge in [0.15, 0.2) is 10.8 Å². The number of nitrogens with zero attached hydrogens (tertiary/aromatic N) is 2. The van der Waals surface area contributed by atoms with Gasteiger partial charge in [0, 0.05) is 28.8 Å². The third-order valence-electron chi connectivity index (χ3n) is 6.01. The summed E-state index contributed by atoms with van der Waals surface area (Å²) in [6.45, 7) is 0. The zero-order chi connectivity index (χ0) is 23.5. The van der Waals surface area contributed by atoms with E-state index in [0.29, 0.717) is 28.5 Å². The van der Waals surface area contributed by atoms with Crippen LogP contribution in [0.2, 0.25) is 5.02 Å². The van der Waals surface area contributed by atoms with E-state index < -0.39 is 17.8 Å². The SMILES string of the molecule is COC(=O)C1=C([C@H]2CCC[C@@H](C(=O)OC)C2)NC(c2nccs2)=NC1c1cccc(F)c1Cl. The van der Waals surface area contributed by atoms with E-state index in [-0.39, 0.29) is 28.4 Å². The number of allylic oxidation sites excluding steroid dienone is 1. The number of aliphatic imine (C=N–C) groups is 1. The van der Waals surface area contributed by atoms with Gasteiger partial charge in [-0.15, -0.1) is 11.3 Å². The number of thiazole rings is 1. The molecule has 1 aliphatic heterocycles. The van der Waals surface area contributed by atoms with Crippen LogP contribution < -0.4 is 5.32 Å². The normalized spacial score (nSPS) is 22.9. The minimum atomic E-state index is -0.894. The Hall–Kier alpha value is -2.78. The Bertz CT molecular complexity index is 1120. The summed E-state index contributed by atoms with van der Waals surface area (Å²) in [5.74, 6) is -1.44. The number of halogens is 2. The first kappa shape index (κ1) is 23.4. The molecule has 33 heavy (non-hydrogen) atoms. The zero-order valence-electron chi connectivity index (χ0n) is 18.1. The van der Waals surface area contributed by atoms with Gasteiger partial charge in [0.1, 0.15) is 11.9 Å². The van der Waals surface area contributed by atoms with Gasteiger partial charge in [-0.1, -0.05) is 30.2 Å². The lowest BCUT2D eigenvalue weighted by molar-refractivity contribution is -0.146. The topological polar surface area (TPSA) is 89.9 Å². The van der Waals surface area contributed by atoms with Crippen LogP contribution in [0.4, 0.5) is 4.39 Å². The first-order valence-electron chi connectivity index (χ1n) is 10.5. The van der Waals surface area contributed by atoms with Crippen molar-refractivity contribution in [1.29, 1.82) is 0 Å². The van der Waals surface area contributed by atoms with Crippen molar-refractivity contribution in [1.82, 2.24) is 10.3 Å². The first-order chi connectivity index (χ1) is 15.9. The molecule has 0 bridgehead atoms. The van der Waals surface area contributed by atoms with Crippen molar-refractivity contribution in [2.24, 2.45) is 16.8 Å². The number of benzene rings is 1. The minimum Gasteiger partial charge on any atom is -0.469 e. The van der Waals surface area contributed by atoms with Crippen molar-refractivity contribution in [2.75, 3.05) is 14.2 Å². The number of hydrogen-bond acceptors (Lipinski definition) is 8. The van der Waals surface area contributed by atoms with Gasteiger partial charge in [0.2, 0.25) is 0 Å². The summed E-state index contributed by atoms with van der Waals surface area (Å²) in [5.41, 5.74) is 1.20. The number of ether oxygens (including phenoxy) is 2. The van der Waals surface area contributed by atoms with Gasteiger partial charge in [-0.05, 0) is 25.3 Å². The number of hydrogen-bond donors (Lipinski definition) is 1. The fraction of sp³-hybridized carbons (Fsp3) is 0.391. The molecule has 10 heteroatoms. The molecule has 0 saturated heterocycles. The van der Waals surface area contributed by atoms with Gasteiger partial charge < -0.3 is 14.8 Å². The van der Waals surface area contributed by atoms with E-state index in [1.807, 2.05) is 5.38 Å². The highest BCUT2D eigenvalue weighted by Gasteiger charge is 2.39. The van der Waals surface area contributed by atoms with Crippen LogP contribution in [0.25, 0.3) is 0 Å². The fourth-order valence-electron chi connectivity index (χ4n) is 4.46. The average Bonchev–Trinajstić information content (AvgIpc) is 3.39. The molecule has 1 fully saturated rings. The van der Waals surface area contributed by atoms with E-state index in [9.17, 15) is 14.0 Å². The van der Waals surface area contributed by atoms with Crippen molar-refractivity contribution < 1.29 is 23.5 Å². The highest BCUT2D eigenvalue weighted by Crippen LogP contribution is 2.42. The summed E-state index contributed by atoms with van der Waals surface area (Å²) in [7, 11) is 2.66. The average molecular weight is 492 g/mol. The minimum absolute atomic E-state index is 0.108. The van der Waals surface area contributed by atoms with Gasteiger partial charge in [-0.3, -0.25) is 9.79 Å². The van der Waals surface area contributed by atoms with Crippen molar-refractivity contribution in [2.45, 2.75) is 31.7 Å². The Morgan fingerprint density at radius 2 is 2.06 bits per heavy atom. The van der Waals surface area contributed by atoms with Gasteiger partial charge in [-0.25, -0.2) is 14.2 Å². The van der Waals surface area contributed by atoms with Crippen LogP contribution in [0.15, 0.2) is 46.0 Å². The van der Waals surface area contributed by atoms with E-state index in [1.165, 1.54) is 37.7 Å². The molecule has 1 N–H and O–H groups in total. The second kappa shape index (κ2) is 10.0. The number of nitrogens with one attached hydrogen (secondary N) is 1. The summed E-state index contributed by atoms with van der Waals surface area (Å²) in [6, 6.07) is 3.53. The molecule has 1 saturated carbocycles. The Kier molecular flexibility index (Phi) is 7.09. The molecule has 4 rings (SSSR count). The Morgan fingerprint density at radius 1 is 1.24 bits per heavy atom. The van der Waals surface area contributed by atoms with Crippen molar-refractivity contribution in [3.63, 3.8) is 0 Å². The summed E-state index contributed by atoms with van der Waals surface area (Å²) in [5, 5.41) is 5.62. The maximum atomic E-state index is 14.4. The molecule has 7 nitrogen and oxygen atoms in total. The molecule has 1 unspecified atom stereocenters. The lowest BCUT2D eigenvalue weighted by atomic mass is 9.77. The van der Waals surface area contributed by atoms with E-state index in [4.69, 9.17) is 26.1 Å². The van der Waals surface area contributed by atoms with Crippen LogP contribution >= 0.6 is 22.9 Å². The summed E-state index contributed by atoms with van der Waals surface area (Å²) in [4.78, 5) is 34.3. The summed E-state index contributed by atoms with van der Waals surface area (Å²) >= 11 is 7.70. The Balaban J connectivity index is 1.86. The van der Waals surface area contributed by atoms with Crippen LogP contribution in [-0.2, 0) is 19.1 Å². The fourth-order valence-corrected chi connectivity index (χ4v) is 5.28. The molecule has 0 spiro atoms. The number of esters is 2. The quantitative estimate of drug-likeness (QED) is 0.622. The Morgan fingerprint density at radius 3 is 2.76 bits per heavy atom. The maximum absolute atomic E-state index is 14.4. The standard InChI is InChI=1S/C23H23ClFN3O4S/c1-31-22(29)13-6-3-5-12(11-13)18-16(23(30)32-2)19(14-7-4-8-15(25)17(14)24)28-20(27-18)21-26-9-10-33-21/h4,7-10,12-13,19H,3,5-6,11H2,1-2H3,(H,27,28)/t12-,13+,19?/m0/s1. The first-order valence-corrected chi connectivity index (χ1v) is 11.8. The molecule has 0 radical (unpaired) electrons. The van der Waals surface area contributed by atoms with Crippen molar-refractivity contribution in [3.8, 4) is 0 Å². The number of amidine groups is 1. The van der Waals surface area contributed by atoms with Gasteiger partial charge in [0.05, 0.1) is 30.7 Å². The largest absolute Gasteiger partial charge is 0.469 e. The van der Waals surface area contributed by atoms with Crippen molar-refractivity contribution in [3.05, 3.63) is 62.5 Å². The molecular formula is C23H23ClFN3O4S. The van der Waals surface area contributed by atoms with Crippen LogP contribution in [0.3, 0.4) is 0 Å². The molecule has 2 aromatic rings. The third kappa shape index (κ3) is 4.65. The van der Waals surface area contributed by atoms with Crippen LogP contribution in [0.5, 0.6) is 0 Å². The maximum Gasteiger partial charge on any atom is 0.338 e. The van der Waals surface area contributed by atoms with E-state index >= 15 is 0 Å². The third-order valence-corrected chi connectivity index (χ3v) is 7.19. The van der Waals surface area contributed by atoms with E-state index in [2.05, 4.69) is 10.3 Å². The summed E-state index contributed by atoms with van der Waals surface area (Å²) < 4.78 is 24.4. The summed E-state index contributed by atoms with van der Waals surface area (Å²) in [6.07, 6.45) is 4.42. The van der Waals surface area contributed by atoms with Gasteiger partial charge in [-0.2, -0.15) is 0 Å². The highest BCUT2D eigenvalue weighted by atomic mass is 35.5. The Labute approximate surface area is 199 Å². The number of carbonyl (C=O) groups excluding carboxylic acids is 2. The number of carbonyl (C=O) groups is 2. The molecule has 1 aromatic heterocycles. The zero-order valence-corrected chi connectivity index (χ0v) is 19.7. The van der Waals surface area contributed by atoms with Gasteiger partial charge in [0.25, 0.3) is 0 Å². The van der Waals surface area contributed by atoms with Crippen LogP contribution in [0.1, 0.15) is 42.3 Å². The predicted molar refractivity (Wildman–Crippen MR) is 122 cm³/mol.